The average Bonchev–Trinajstić information content (AvgIpc) is 2.39. The lowest BCUT2D eigenvalue weighted by Gasteiger charge is -2.24. The van der Waals surface area contributed by atoms with E-state index in [-0.39, 0.29) is 5.41 Å². The summed E-state index contributed by atoms with van der Waals surface area (Å²) in [6.45, 7) is 9.64. The van der Waals surface area contributed by atoms with Crippen LogP contribution in [0.2, 0.25) is 0 Å². The van der Waals surface area contributed by atoms with Crippen LogP contribution in [0.15, 0.2) is 30.3 Å². The number of hydrogen-bond donors (Lipinski definition) is 1. The van der Waals surface area contributed by atoms with Gasteiger partial charge in [0.25, 0.3) is 0 Å². The second-order valence-electron chi connectivity index (χ2n) is 5.48. The van der Waals surface area contributed by atoms with Crippen molar-refractivity contribution in [2.75, 3.05) is 19.8 Å². The summed E-state index contributed by atoms with van der Waals surface area (Å²) in [6.07, 6.45) is 0.823. The van der Waals surface area contributed by atoms with E-state index in [1.54, 1.807) is 0 Å². The van der Waals surface area contributed by atoms with Gasteiger partial charge in [0.05, 0.1) is 13.2 Å². The molecule has 0 atom stereocenters. The second kappa shape index (κ2) is 8.74. The Morgan fingerprint density at radius 1 is 1.21 bits per heavy atom. The van der Waals surface area contributed by atoms with E-state index in [0.717, 1.165) is 32.7 Å². The summed E-state index contributed by atoms with van der Waals surface area (Å²) < 4.78 is 5.66. The fourth-order valence-corrected chi connectivity index (χ4v) is 1.79. The molecule has 19 heavy (non-hydrogen) atoms. The number of ether oxygens (including phenoxy) is 1. The van der Waals surface area contributed by atoms with Gasteiger partial charge in [-0.3, -0.25) is 0 Å². The Bertz CT molecular complexity index is 400. The van der Waals surface area contributed by atoms with Gasteiger partial charge < -0.3 is 10.1 Å². The van der Waals surface area contributed by atoms with E-state index in [1.807, 2.05) is 13.0 Å². The first-order valence-corrected chi connectivity index (χ1v) is 6.86. The normalized spacial score (nSPS) is 10.9. The SMILES string of the molecule is CC#CCCOCC(C)(C)CNCc1ccccc1. The van der Waals surface area contributed by atoms with Gasteiger partial charge >= 0.3 is 0 Å². The van der Waals surface area contributed by atoms with Crippen LogP contribution in [0.25, 0.3) is 0 Å². The zero-order valence-electron chi connectivity index (χ0n) is 12.3. The topological polar surface area (TPSA) is 21.3 Å². The van der Waals surface area contributed by atoms with Crippen molar-refractivity contribution in [2.45, 2.75) is 33.7 Å². The van der Waals surface area contributed by atoms with Crippen molar-refractivity contribution in [3.8, 4) is 11.8 Å². The van der Waals surface area contributed by atoms with Gasteiger partial charge in [0.2, 0.25) is 0 Å². The van der Waals surface area contributed by atoms with Crippen LogP contribution in [0, 0.1) is 17.3 Å². The Kier molecular flexibility index (Phi) is 7.25. The van der Waals surface area contributed by atoms with Crippen LogP contribution >= 0.6 is 0 Å². The van der Waals surface area contributed by atoms with Gasteiger partial charge in [-0.15, -0.1) is 11.8 Å². The molecule has 0 heterocycles. The molecule has 0 bridgehead atoms. The number of nitrogens with one attached hydrogen (secondary N) is 1. The highest BCUT2D eigenvalue weighted by molar-refractivity contribution is 5.14. The largest absolute Gasteiger partial charge is 0.380 e. The van der Waals surface area contributed by atoms with Gasteiger partial charge in [-0.05, 0) is 12.5 Å². The molecule has 1 aromatic rings. The van der Waals surface area contributed by atoms with Crippen LogP contribution < -0.4 is 5.32 Å². The second-order valence-corrected chi connectivity index (χ2v) is 5.48. The van der Waals surface area contributed by atoms with Crippen LogP contribution in [0.4, 0.5) is 0 Å². The van der Waals surface area contributed by atoms with Crippen LogP contribution in [-0.4, -0.2) is 19.8 Å². The summed E-state index contributed by atoms with van der Waals surface area (Å²) in [4.78, 5) is 0. The van der Waals surface area contributed by atoms with Crippen molar-refractivity contribution < 1.29 is 4.74 Å². The predicted molar refractivity (Wildman–Crippen MR) is 80.8 cm³/mol. The Morgan fingerprint density at radius 3 is 2.63 bits per heavy atom. The number of benzene rings is 1. The third-order valence-corrected chi connectivity index (χ3v) is 2.82. The van der Waals surface area contributed by atoms with Crippen LogP contribution in [0.5, 0.6) is 0 Å². The van der Waals surface area contributed by atoms with E-state index in [1.165, 1.54) is 5.56 Å². The summed E-state index contributed by atoms with van der Waals surface area (Å²) in [5.41, 5.74) is 1.46. The molecule has 0 amide bonds. The predicted octanol–water partition coefficient (Wildman–Crippen LogP) is 3.23. The minimum Gasteiger partial charge on any atom is -0.380 e. The van der Waals surface area contributed by atoms with Crippen LogP contribution in [0.1, 0.15) is 32.8 Å². The first-order chi connectivity index (χ1) is 9.14. The van der Waals surface area contributed by atoms with Crippen molar-refractivity contribution in [1.82, 2.24) is 5.32 Å². The summed E-state index contributed by atoms with van der Waals surface area (Å²) in [6, 6.07) is 10.5. The first kappa shape index (κ1) is 15.8. The van der Waals surface area contributed by atoms with E-state index in [0.29, 0.717) is 0 Å². The summed E-state index contributed by atoms with van der Waals surface area (Å²) in [5.74, 6) is 5.88. The maximum absolute atomic E-state index is 5.66. The minimum absolute atomic E-state index is 0.147. The van der Waals surface area contributed by atoms with Gasteiger partial charge in [-0.25, -0.2) is 0 Å². The lowest BCUT2D eigenvalue weighted by atomic mass is 9.95. The molecule has 0 spiro atoms. The first-order valence-electron chi connectivity index (χ1n) is 6.86. The third kappa shape index (κ3) is 7.66. The maximum atomic E-state index is 5.66. The van der Waals surface area contributed by atoms with E-state index in [2.05, 4.69) is 55.3 Å². The monoisotopic (exact) mass is 259 g/mol. The van der Waals surface area contributed by atoms with Crippen molar-refractivity contribution in [3.05, 3.63) is 35.9 Å². The Labute approximate surface area is 117 Å². The zero-order valence-corrected chi connectivity index (χ0v) is 12.3. The van der Waals surface area contributed by atoms with Crippen LogP contribution in [0.3, 0.4) is 0 Å². The standard InChI is InChI=1S/C17H25NO/c1-4-5-9-12-19-15-17(2,3)14-18-13-16-10-7-6-8-11-16/h6-8,10-11,18H,9,12-15H2,1-3H3. The highest BCUT2D eigenvalue weighted by atomic mass is 16.5. The third-order valence-electron chi connectivity index (χ3n) is 2.82. The molecule has 104 valence electrons. The molecule has 0 radical (unpaired) electrons. The average molecular weight is 259 g/mol. The molecule has 2 nitrogen and oxygen atoms in total. The van der Waals surface area contributed by atoms with Gasteiger partial charge in [0.1, 0.15) is 0 Å². The molecular formula is C17H25NO. The molecule has 0 saturated carbocycles. The molecule has 0 unspecified atom stereocenters. The molecule has 1 rings (SSSR count). The maximum Gasteiger partial charge on any atom is 0.0575 e. The van der Waals surface area contributed by atoms with Gasteiger partial charge in [0.15, 0.2) is 0 Å². The molecule has 0 saturated heterocycles. The van der Waals surface area contributed by atoms with Gasteiger partial charge in [-0.2, -0.15) is 0 Å². The molecular weight excluding hydrogens is 234 g/mol. The molecule has 0 aliphatic carbocycles. The molecule has 0 aliphatic rings. The van der Waals surface area contributed by atoms with Crippen LogP contribution in [-0.2, 0) is 11.3 Å². The number of rotatable bonds is 8. The Hall–Kier alpha value is -1.30. The fraction of sp³-hybridized carbons (Fsp3) is 0.529. The quantitative estimate of drug-likeness (QED) is 0.571. The van der Waals surface area contributed by atoms with Crippen molar-refractivity contribution >= 4 is 0 Å². The van der Waals surface area contributed by atoms with Crippen molar-refractivity contribution in [3.63, 3.8) is 0 Å². The molecule has 1 N–H and O–H groups in total. The smallest absolute Gasteiger partial charge is 0.0575 e. The summed E-state index contributed by atoms with van der Waals surface area (Å²) in [5, 5.41) is 3.49. The molecule has 0 fully saturated rings. The highest BCUT2D eigenvalue weighted by Gasteiger charge is 2.17. The van der Waals surface area contributed by atoms with E-state index >= 15 is 0 Å². The van der Waals surface area contributed by atoms with E-state index in [9.17, 15) is 0 Å². The molecule has 0 aliphatic heterocycles. The van der Waals surface area contributed by atoms with Gasteiger partial charge in [-0.1, -0.05) is 44.2 Å². The summed E-state index contributed by atoms with van der Waals surface area (Å²) >= 11 is 0. The van der Waals surface area contributed by atoms with E-state index < -0.39 is 0 Å². The van der Waals surface area contributed by atoms with Gasteiger partial charge in [0, 0.05) is 24.9 Å². The zero-order chi connectivity index (χ0) is 14.0. The number of hydrogen-bond acceptors (Lipinski definition) is 2. The Balaban J connectivity index is 2.17. The lowest BCUT2D eigenvalue weighted by molar-refractivity contribution is 0.0655. The molecule has 2 heteroatoms. The summed E-state index contributed by atoms with van der Waals surface area (Å²) in [7, 11) is 0. The molecule has 1 aromatic carbocycles. The lowest BCUT2D eigenvalue weighted by Crippen LogP contribution is -2.33. The van der Waals surface area contributed by atoms with Crippen molar-refractivity contribution in [1.29, 1.82) is 0 Å². The highest BCUT2D eigenvalue weighted by Crippen LogP contribution is 2.14. The van der Waals surface area contributed by atoms with E-state index in [4.69, 9.17) is 4.74 Å². The minimum atomic E-state index is 0.147. The molecule has 0 aromatic heterocycles. The Morgan fingerprint density at radius 2 is 1.95 bits per heavy atom. The fourth-order valence-electron chi connectivity index (χ4n) is 1.79. The van der Waals surface area contributed by atoms with Crippen molar-refractivity contribution in [2.24, 2.45) is 5.41 Å².